The zero-order valence-electron chi connectivity index (χ0n) is 11.2. The summed E-state index contributed by atoms with van der Waals surface area (Å²) in [5.41, 5.74) is 1.84. The van der Waals surface area contributed by atoms with Gasteiger partial charge in [0.15, 0.2) is 0 Å². The Balaban J connectivity index is 1.86. The van der Waals surface area contributed by atoms with Gasteiger partial charge in [-0.2, -0.15) is 0 Å². The number of ether oxygens (including phenoxy) is 1. The molecule has 2 rings (SSSR count). The summed E-state index contributed by atoms with van der Waals surface area (Å²) in [4.78, 5) is 10.4. The van der Waals surface area contributed by atoms with Crippen molar-refractivity contribution in [3.63, 3.8) is 0 Å². The highest BCUT2D eigenvalue weighted by molar-refractivity contribution is 5.53. The molecule has 0 bridgehead atoms. The van der Waals surface area contributed by atoms with Crippen LogP contribution in [0.3, 0.4) is 0 Å². The molecule has 0 radical (unpaired) electrons. The summed E-state index contributed by atoms with van der Waals surface area (Å²) in [6.07, 6.45) is 4.80. The molecular formula is C14H20N2O3. The maximum absolute atomic E-state index is 10.8. The number of anilines is 1. The van der Waals surface area contributed by atoms with Gasteiger partial charge in [0, 0.05) is 31.0 Å². The molecule has 1 aromatic rings. The van der Waals surface area contributed by atoms with Gasteiger partial charge in [-0.05, 0) is 44.2 Å². The van der Waals surface area contributed by atoms with Crippen LogP contribution in [0, 0.1) is 17.0 Å². The fraction of sp³-hybridized carbons (Fsp3) is 0.571. The van der Waals surface area contributed by atoms with Crippen molar-refractivity contribution < 1.29 is 9.66 Å². The van der Waals surface area contributed by atoms with E-state index >= 15 is 0 Å². The van der Waals surface area contributed by atoms with E-state index in [4.69, 9.17) is 4.74 Å². The van der Waals surface area contributed by atoms with Crippen molar-refractivity contribution in [3.8, 4) is 0 Å². The van der Waals surface area contributed by atoms with Gasteiger partial charge < -0.3 is 10.1 Å². The fourth-order valence-electron chi connectivity index (χ4n) is 2.38. The Bertz CT molecular complexity index is 442. The number of nitrogens with zero attached hydrogens (tertiary/aromatic N) is 1. The van der Waals surface area contributed by atoms with Gasteiger partial charge in [-0.15, -0.1) is 0 Å². The van der Waals surface area contributed by atoms with Gasteiger partial charge in [0.1, 0.15) is 0 Å². The quantitative estimate of drug-likeness (QED) is 0.654. The molecule has 0 spiro atoms. The molecule has 104 valence electrons. The first-order valence-electron chi connectivity index (χ1n) is 6.77. The number of non-ortho nitro benzene ring substituents is 1. The Hall–Kier alpha value is -1.62. The van der Waals surface area contributed by atoms with Crippen LogP contribution in [0.15, 0.2) is 18.2 Å². The van der Waals surface area contributed by atoms with E-state index in [0.717, 1.165) is 43.7 Å². The van der Waals surface area contributed by atoms with Crippen molar-refractivity contribution >= 4 is 11.4 Å². The van der Waals surface area contributed by atoms with Gasteiger partial charge in [-0.25, -0.2) is 0 Å². The minimum Gasteiger partial charge on any atom is -0.385 e. The van der Waals surface area contributed by atoms with Crippen LogP contribution in [0.4, 0.5) is 11.4 Å². The number of aryl methyl sites for hydroxylation is 1. The summed E-state index contributed by atoms with van der Waals surface area (Å²) in [6, 6.07) is 5.08. The zero-order valence-corrected chi connectivity index (χ0v) is 11.2. The van der Waals surface area contributed by atoms with Crippen LogP contribution in [0.2, 0.25) is 0 Å². The highest BCUT2D eigenvalue weighted by atomic mass is 16.6. The normalized spacial score (nSPS) is 19.1. The van der Waals surface area contributed by atoms with Gasteiger partial charge >= 0.3 is 0 Å². The summed E-state index contributed by atoms with van der Waals surface area (Å²) in [6.45, 7) is 3.51. The van der Waals surface area contributed by atoms with Crippen LogP contribution in [0.5, 0.6) is 0 Å². The molecule has 1 N–H and O–H groups in total. The summed E-state index contributed by atoms with van der Waals surface area (Å²) in [7, 11) is 0. The molecule has 1 aliphatic heterocycles. The van der Waals surface area contributed by atoms with Crippen LogP contribution in [0.1, 0.15) is 31.2 Å². The van der Waals surface area contributed by atoms with E-state index in [0.29, 0.717) is 6.10 Å². The largest absolute Gasteiger partial charge is 0.385 e. The lowest BCUT2D eigenvalue weighted by Gasteiger charge is -2.22. The average molecular weight is 264 g/mol. The highest BCUT2D eigenvalue weighted by Gasteiger charge is 2.13. The minimum absolute atomic E-state index is 0.136. The van der Waals surface area contributed by atoms with Gasteiger partial charge in [0.05, 0.1) is 11.0 Å². The standard InChI is InChI=1S/C14H20N2O3/c1-11-8-12(10-13(9-11)16(17)18)15-6-5-14-4-2-3-7-19-14/h8-10,14-15H,2-7H2,1H3. The molecule has 0 aromatic heterocycles. The van der Waals surface area contributed by atoms with Crippen LogP contribution >= 0.6 is 0 Å². The molecule has 19 heavy (non-hydrogen) atoms. The predicted molar refractivity (Wildman–Crippen MR) is 74.5 cm³/mol. The molecule has 1 saturated heterocycles. The van der Waals surface area contributed by atoms with E-state index in [2.05, 4.69) is 5.32 Å². The number of benzene rings is 1. The number of nitrogens with one attached hydrogen (secondary N) is 1. The van der Waals surface area contributed by atoms with Crippen molar-refractivity contribution in [2.45, 2.75) is 38.7 Å². The molecule has 0 amide bonds. The molecule has 5 nitrogen and oxygen atoms in total. The molecule has 1 aromatic carbocycles. The second-order valence-corrected chi connectivity index (χ2v) is 5.02. The molecule has 1 unspecified atom stereocenters. The molecule has 1 fully saturated rings. The van der Waals surface area contributed by atoms with Crippen LogP contribution in [-0.4, -0.2) is 24.2 Å². The number of nitro groups is 1. The van der Waals surface area contributed by atoms with Crippen LogP contribution in [0.25, 0.3) is 0 Å². The molecular weight excluding hydrogens is 244 g/mol. The SMILES string of the molecule is Cc1cc(NCCC2CCCCO2)cc([N+](=O)[O-])c1. The Morgan fingerprint density at radius 1 is 1.42 bits per heavy atom. The predicted octanol–water partition coefficient (Wildman–Crippen LogP) is 3.27. The second kappa shape index (κ2) is 6.52. The maximum atomic E-state index is 10.8. The maximum Gasteiger partial charge on any atom is 0.271 e. The van der Waals surface area contributed by atoms with Crippen LogP contribution in [-0.2, 0) is 4.74 Å². The summed E-state index contributed by atoms with van der Waals surface area (Å²) in [5, 5.41) is 14.0. The fourth-order valence-corrected chi connectivity index (χ4v) is 2.38. The first-order valence-corrected chi connectivity index (χ1v) is 6.77. The lowest BCUT2D eigenvalue weighted by atomic mass is 10.1. The Labute approximate surface area is 113 Å². The van der Waals surface area contributed by atoms with Crippen molar-refractivity contribution in [1.29, 1.82) is 0 Å². The van der Waals surface area contributed by atoms with Gasteiger partial charge in [-0.3, -0.25) is 10.1 Å². The topological polar surface area (TPSA) is 64.4 Å². The van der Waals surface area contributed by atoms with Gasteiger partial charge in [-0.1, -0.05) is 0 Å². The van der Waals surface area contributed by atoms with E-state index in [1.54, 1.807) is 12.1 Å². The van der Waals surface area contributed by atoms with Gasteiger partial charge in [0.2, 0.25) is 0 Å². The van der Waals surface area contributed by atoms with Crippen molar-refractivity contribution in [3.05, 3.63) is 33.9 Å². The molecule has 1 atom stereocenters. The molecule has 1 heterocycles. The molecule has 5 heteroatoms. The lowest BCUT2D eigenvalue weighted by molar-refractivity contribution is -0.384. The Morgan fingerprint density at radius 2 is 2.26 bits per heavy atom. The first-order chi connectivity index (χ1) is 9.15. The summed E-state index contributed by atoms with van der Waals surface area (Å²) >= 11 is 0. The van der Waals surface area contributed by atoms with Gasteiger partial charge in [0.25, 0.3) is 5.69 Å². The zero-order chi connectivity index (χ0) is 13.7. The van der Waals surface area contributed by atoms with Crippen LogP contribution < -0.4 is 5.32 Å². The van der Waals surface area contributed by atoms with E-state index < -0.39 is 0 Å². The van der Waals surface area contributed by atoms with E-state index in [1.165, 1.54) is 6.42 Å². The third kappa shape index (κ3) is 4.21. The number of hydrogen-bond donors (Lipinski definition) is 1. The third-order valence-corrected chi connectivity index (χ3v) is 3.34. The van der Waals surface area contributed by atoms with Crippen molar-refractivity contribution in [2.24, 2.45) is 0 Å². The van der Waals surface area contributed by atoms with E-state index in [-0.39, 0.29) is 10.6 Å². The molecule has 1 aliphatic rings. The average Bonchev–Trinajstić information content (AvgIpc) is 2.39. The highest BCUT2D eigenvalue weighted by Crippen LogP contribution is 2.21. The lowest BCUT2D eigenvalue weighted by Crippen LogP contribution is -2.22. The monoisotopic (exact) mass is 264 g/mol. The smallest absolute Gasteiger partial charge is 0.271 e. The molecule has 0 saturated carbocycles. The van der Waals surface area contributed by atoms with E-state index in [1.807, 2.05) is 13.0 Å². The van der Waals surface area contributed by atoms with E-state index in [9.17, 15) is 10.1 Å². The Morgan fingerprint density at radius 3 is 2.95 bits per heavy atom. The molecule has 0 aliphatic carbocycles. The minimum atomic E-state index is -0.359. The number of hydrogen-bond acceptors (Lipinski definition) is 4. The first kappa shape index (κ1) is 13.8. The summed E-state index contributed by atoms with van der Waals surface area (Å²) in [5.74, 6) is 0. The second-order valence-electron chi connectivity index (χ2n) is 5.02. The van der Waals surface area contributed by atoms with Crippen molar-refractivity contribution in [2.75, 3.05) is 18.5 Å². The third-order valence-electron chi connectivity index (χ3n) is 3.34. The Kier molecular flexibility index (Phi) is 4.74. The summed E-state index contributed by atoms with van der Waals surface area (Å²) < 4.78 is 5.65. The van der Waals surface area contributed by atoms with Crippen molar-refractivity contribution in [1.82, 2.24) is 0 Å². The number of rotatable bonds is 5. The number of nitro benzene ring substituents is 1.